The molecule has 1 aliphatic carbocycles. The first kappa shape index (κ1) is 8.38. The third kappa shape index (κ3) is 1.59. The quantitative estimate of drug-likeness (QED) is 0.606. The zero-order chi connectivity index (χ0) is 8.55. The van der Waals surface area contributed by atoms with Crippen molar-refractivity contribution >= 4 is 33.0 Å². The van der Waals surface area contributed by atoms with Crippen LogP contribution in [0, 0.1) is 0 Å². The molecule has 2 rings (SSSR count). The van der Waals surface area contributed by atoms with Crippen LogP contribution < -0.4 is 0 Å². The maximum Gasteiger partial charge on any atom is 0.201 e. The van der Waals surface area contributed by atoms with E-state index < -0.39 is 0 Å². The number of carbonyl (C=O) groups is 1. The highest BCUT2D eigenvalue weighted by Crippen LogP contribution is 2.42. The van der Waals surface area contributed by atoms with E-state index >= 15 is 0 Å². The van der Waals surface area contributed by atoms with E-state index in [1.54, 1.807) is 11.3 Å². The summed E-state index contributed by atoms with van der Waals surface area (Å²) in [4.78, 5) is 16.5. The number of aromatic nitrogens is 1. The first-order valence-corrected chi connectivity index (χ1v) is 5.80. The van der Waals surface area contributed by atoms with Gasteiger partial charge in [-0.1, -0.05) is 15.9 Å². The molecular formula is C8H8BrNOS. The molecule has 0 N–H and O–H groups in total. The van der Waals surface area contributed by atoms with Gasteiger partial charge in [0.1, 0.15) is 0 Å². The van der Waals surface area contributed by atoms with Crippen molar-refractivity contribution < 1.29 is 4.79 Å². The second-order valence-electron chi connectivity index (χ2n) is 2.90. The highest BCUT2D eigenvalue weighted by molar-refractivity contribution is 9.09. The van der Waals surface area contributed by atoms with Crippen LogP contribution in [0.4, 0.5) is 0 Å². The van der Waals surface area contributed by atoms with Gasteiger partial charge in [0, 0.05) is 11.1 Å². The molecule has 0 amide bonds. The van der Waals surface area contributed by atoms with E-state index in [4.69, 9.17) is 0 Å². The molecule has 1 saturated carbocycles. The lowest BCUT2D eigenvalue weighted by Gasteiger charge is -1.86. The van der Waals surface area contributed by atoms with Crippen molar-refractivity contribution in [3.63, 3.8) is 0 Å². The van der Waals surface area contributed by atoms with Crippen LogP contribution in [0.15, 0.2) is 6.20 Å². The molecular weight excluding hydrogens is 238 g/mol. The van der Waals surface area contributed by atoms with Crippen molar-refractivity contribution in [1.29, 1.82) is 0 Å². The number of nitrogens with zero attached hydrogens (tertiary/aromatic N) is 1. The van der Waals surface area contributed by atoms with Gasteiger partial charge >= 0.3 is 0 Å². The Balaban J connectivity index is 2.17. The van der Waals surface area contributed by atoms with Gasteiger partial charge < -0.3 is 0 Å². The minimum atomic E-state index is 0.0897. The van der Waals surface area contributed by atoms with Gasteiger partial charge in [-0.3, -0.25) is 4.79 Å². The van der Waals surface area contributed by atoms with Crippen LogP contribution >= 0.6 is 27.3 Å². The standard InChI is InChI=1S/C8H8BrNOS/c9-3-6(11)8-10-4-7(12-8)5-1-2-5/h4-5H,1-3H2. The molecule has 0 atom stereocenters. The topological polar surface area (TPSA) is 30.0 Å². The largest absolute Gasteiger partial charge is 0.291 e. The monoisotopic (exact) mass is 245 g/mol. The number of Topliss-reactive ketones (excluding diaryl/α,β-unsaturated/α-hetero) is 1. The Morgan fingerprint density at radius 1 is 1.75 bits per heavy atom. The summed E-state index contributed by atoms with van der Waals surface area (Å²) in [6.45, 7) is 0. The lowest BCUT2D eigenvalue weighted by molar-refractivity contribution is 0.102. The van der Waals surface area contributed by atoms with Crippen molar-refractivity contribution in [1.82, 2.24) is 4.98 Å². The second-order valence-corrected chi connectivity index (χ2v) is 4.52. The maximum absolute atomic E-state index is 11.2. The van der Waals surface area contributed by atoms with Crippen LogP contribution in [0.25, 0.3) is 0 Å². The van der Waals surface area contributed by atoms with Crippen LogP contribution in [0.2, 0.25) is 0 Å². The van der Waals surface area contributed by atoms with E-state index in [-0.39, 0.29) is 5.78 Å². The molecule has 0 saturated heterocycles. The molecule has 2 nitrogen and oxygen atoms in total. The minimum Gasteiger partial charge on any atom is -0.291 e. The van der Waals surface area contributed by atoms with Gasteiger partial charge in [0.2, 0.25) is 5.78 Å². The number of hydrogen-bond donors (Lipinski definition) is 0. The molecule has 0 aromatic carbocycles. The van der Waals surface area contributed by atoms with Crippen molar-refractivity contribution in [3.05, 3.63) is 16.1 Å². The molecule has 1 aromatic heterocycles. The van der Waals surface area contributed by atoms with E-state index in [1.165, 1.54) is 17.7 Å². The SMILES string of the molecule is O=C(CBr)c1ncc(C2CC2)s1. The highest BCUT2D eigenvalue weighted by Gasteiger charge is 2.26. The molecule has 4 heteroatoms. The Hall–Kier alpha value is -0.220. The molecule has 0 unspecified atom stereocenters. The normalized spacial score (nSPS) is 16.4. The zero-order valence-corrected chi connectivity index (χ0v) is 8.82. The molecule has 1 heterocycles. The number of carbonyl (C=O) groups excluding carboxylic acids is 1. The summed E-state index contributed by atoms with van der Waals surface area (Å²) in [5, 5.41) is 1.03. The van der Waals surface area contributed by atoms with E-state index in [2.05, 4.69) is 20.9 Å². The summed E-state index contributed by atoms with van der Waals surface area (Å²) in [6.07, 6.45) is 4.38. The van der Waals surface area contributed by atoms with Crippen LogP contribution in [0.5, 0.6) is 0 Å². The molecule has 12 heavy (non-hydrogen) atoms. The minimum absolute atomic E-state index is 0.0897. The smallest absolute Gasteiger partial charge is 0.201 e. The van der Waals surface area contributed by atoms with E-state index in [9.17, 15) is 4.79 Å². The predicted octanol–water partition coefficient (Wildman–Crippen LogP) is 2.60. The van der Waals surface area contributed by atoms with Gasteiger partial charge in [-0.05, 0) is 18.8 Å². The van der Waals surface area contributed by atoms with Gasteiger partial charge in [0.15, 0.2) is 5.01 Å². The van der Waals surface area contributed by atoms with Gasteiger partial charge in [0.05, 0.1) is 5.33 Å². The van der Waals surface area contributed by atoms with Crippen LogP contribution in [0.1, 0.15) is 33.4 Å². The van der Waals surface area contributed by atoms with Crippen LogP contribution in [0.3, 0.4) is 0 Å². The van der Waals surface area contributed by atoms with Gasteiger partial charge in [-0.25, -0.2) is 4.98 Å². The molecule has 0 bridgehead atoms. The number of ketones is 1. The van der Waals surface area contributed by atoms with Crippen LogP contribution in [-0.2, 0) is 0 Å². The Labute approximate surface area is 83.1 Å². The fourth-order valence-electron chi connectivity index (χ4n) is 1.03. The Morgan fingerprint density at radius 2 is 2.50 bits per heavy atom. The Morgan fingerprint density at radius 3 is 3.08 bits per heavy atom. The molecule has 0 radical (unpaired) electrons. The Kier molecular flexibility index (Phi) is 2.28. The number of rotatable bonds is 3. The van der Waals surface area contributed by atoms with Crippen molar-refractivity contribution in [2.45, 2.75) is 18.8 Å². The molecule has 1 aromatic rings. The molecule has 1 fully saturated rings. The number of halogens is 1. The lowest BCUT2D eigenvalue weighted by atomic mass is 10.4. The van der Waals surface area contributed by atoms with Gasteiger partial charge in [-0.15, -0.1) is 11.3 Å². The molecule has 1 aliphatic rings. The molecule has 0 aliphatic heterocycles. The molecule has 0 spiro atoms. The fraction of sp³-hybridized carbons (Fsp3) is 0.500. The van der Waals surface area contributed by atoms with Crippen LogP contribution in [-0.4, -0.2) is 16.1 Å². The zero-order valence-electron chi connectivity index (χ0n) is 6.42. The summed E-state index contributed by atoms with van der Waals surface area (Å²) >= 11 is 4.68. The summed E-state index contributed by atoms with van der Waals surface area (Å²) in [5.74, 6) is 0.797. The van der Waals surface area contributed by atoms with Gasteiger partial charge in [-0.2, -0.15) is 0 Å². The second kappa shape index (κ2) is 3.26. The van der Waals surface area contributed by atoms with E-state index in [0.29, 0.717) is 16.3 Å². The molecule has 64 valence electrons. The number of alkyl halides is 1. The highest BCUT2D eigenvalue weighted by atomic mass is 79.9. The average molecular weight is 246 g/mol. The summed E-state index contributed by atoms with van der Waals surface area (Å²) in [7, 11) is 0. The summed E-state index contributed by atoms with van der Waals surface area (Å²) in [5.41, 5.74) is 0. The first-order chi connectivity index (χ1) is 5.81. The maximum atomic E-state index is 11.2. The van der Waals surface area contributed by atoms with Crippen molar-refractivity contribution in [3.8, 4) is 0 Å². The number of thiazole rings is 1. The van der Waals surface area contributed by atoms with E-state index in [1.807, 2.05) is 6.20 Å². The third-order valence-corrected chi connectivity index (χ3v) is 3.57. The summed E-state index contributed by atoms with van der Waals surface area (Å²) < 4.78 is 0. The average Bonchev–Trinajstić information content (AvgIpc) is 2.83. The number of hydrogen-bond acceptors (Lipinski definition) is 3. The first-order valence-electron chi connectivity index (χ1n) is 3.86. The Bertz CT molecular complexity index is 306. The van der Waals surface area contributed by atoms with Crippen molar-refractivity contribution in [2.75, 3.05) is 5.33 Å². The summed E-state index contributed by atoms with van der Waals surface area (Å²) in [6, 6.07) is 0. The van der Waals surface area contributed by atoms with Gasteiger partial charge in [0.25, 0.3) is 0 Å². The fourth-order valence-corrected chi connectivity index (χ4v) is 2.50. The third-order valence-electron chi connectivity index (χ3n) is 1.86. The van der Waals surface area contributed by atoms with Crippen molar-refractivity contribution in [2.24, 2.45) is 0 Å². The predicted molar refractivity (Wildman–Crippen MR) is 52.2 cm³/mol. The lowest BCUT2D eigenvalue weighted by Crippen LogP contribution is -1.97. The van der Waals surface area contributed by atoms with E-state index in [0.717, 1.165) is 0 Å².